The number of aromatic nitrogens is 10. The molecule has 6 aromatic rings. The number of rotatable bonds is 3. The Balaban J connectivity index is 0.000000182. The van der Waals surface area contributed by atoms with Crippen molar-refractivity contribution in [2.24, 2.45) is 12.8 Å². The van der Waals surface area contributed by atoms with Gasteiger partial charge in [-0.1, -0.05) is 18.2 Å². The van der Waals surface area contributed by atoms with Crippen molar-refractivity contribution >= 4 is 23.4 Å². The van der Waals surface area contributed by atoms with Crippen molar-refractivity contribution in [2.75, 3.05) is 23.7 Å². The number of nitrogen functional groups attached to an aromatic ring is 3. The van der Waals surface area contributed by atoms with Crippen LogP contribution < -0.4 is 22.9 Å². The molecule has 5 heterocycles. The van der Waals surface area contributed by atoms with Crippen LogP contribution in [0, 0.1) is 0 Å². The van der Waals surface area contributed by atoms with E-state index in [1.54, 1.807) is 66.4 Å². The molecular formula is C25H34N14O. The summed E-state index contributed by atoms with van der Waals surface area (Å²) in [7, 11) is 1.85. The molecular weight excluding hydrogens is 512 g/mol. The lowest BCUT2D eigenvalue weighted by Crippen LogP contribution is -2.08. The maximum Gasteiger partial charge on any atom is 0.263 e. The van der Waals surface area contributed by atoms with E-state index in [2.05, 4.69) is 39.9 Å². The van der Waals surface area contributed by atoms with Crippen LogP contribution in [0.3, 0.4) is 0 Å². The largest absolute Gasteiger partial charge is 0.384 e. The van der Waals surface area contributed by atoms with Crippen molar-refractivity contribution in [3.8, 4) is 0 Å². The first kappa shape index (κ1) is 30.5. The number of benzene rings is 1. The summed E-state index contributed by atoms with van der Waals surface area (Å²) in [6, 6.07) is 9.11. The van der Waals surface area contributed by atoms with Gasteiger partial charge >= 0.3 is 0 Å². The van der Waals surface area contributed by atoms with E-state index in [1.165, 1.54) is 23.5 Å². The highest BCUT2D eigenvalue weighted by Gasteiger charge is 2.05. The number of hydrogen-bond acceptors (Lipinski definition) is 10. The fourth-order valence-corrected chi connectivity index (χ4v) is 2.59. The number of aromatic amines is 3. The molecule has 1 aromatic carbocycles. The fourth-order valence-electron chi connectivity index (χ4n) is 2.59. The molecule has 0 fully saturated rings. The van der Waals surface area contributed by atoms with E-state index in [0.29, 0.717) is 29.6 Å². The summed E-state index contributed by atoms with van der Waals surface area (Å²) in [6.07, 6.45) is 18.6. The first-order chi connectivity index (χ1) is 19.4. The Labute approximate surface area is 230 Å². The summed E-state index contributed by atoms with van der Waals surface area (Å²) in [6.45, 7) is 0.660. The van der Waals surface area contributed by atoms with Crippen LogP contribution in [0.15, 0.2) is 99.0 Å². The van der Waals surface area contributed by atoms with E-state index in [-0.39, 0.29) is 5.91 Å². The number of nitrogens with one attached hydrogen (secondary N) is 3. The van der Waals surface area contributed by atoms with E-state index in [4.69, 9.17) is 22.9 Å². The highest BCUT2D eigenvalue weighted by molar-refractivity contribution is 5.95. The van der Waals surface area contributed by atoms with E-state index in [0.717, 1.165) is 12.2 Å². The van der Waals surface area contributed by atoms with Crippen LogP contribution in [0.5, 0.6) is 0 Å². The van der Waals surface area contributed by atoms with Crippen molar-refractivity contribution in [3.05, 3.63) is 110 Å². The molecule has 0 aliphatic carbocycles. The SMILES string of the molecule is Cn1cncc1N.NCCc1ncc[nH]1.Nc1c[nH]cn1.Nc1cnc[nH]1.O=C(c1ccccc1)n1ccnc1. The molecule has 0 saturated heterocycles. The second-order valence-electron chi connectivity index (χ2n) is 7.65. The van der Waals surface area contributed by atoms with Gasteiger partial charge in [0.05, 0.1) is 31.4 Å². The van der Waals surface area contributed by atoms with Crippen molar-refractivity contribution < 1.29 is 4.79 Å². The molecule has 0 aliphatic rings. The van der Waals surface area contributed by atoms with E-state index >= 15 is 0 Å². The minimum absolute atomic E-state index is 0.0573. The lowest BCUT2D eigenvalue weighted by molar-refractivity contribution is 0.0959. The fraction of sp³-hybridized carbons (Fsp3) is 0.120. The monoisotopic (exact) mass is 546 g/mol. The number of nitrogens with two attached hydrogens (primary N) is 4. The van der Waals surface area contributed by atoms with Gasteiger partial charge in [-0.05, 0) is 18.7 Å². The van der Waals surface area contributed by atoms with Crippen LogP contribution in [0.4, 0.5) is 17.5 Å². The van der Waals surface area contributed by atoms with Gasteiger partial charge < -0.3 is 42.5 Å². The predicted octanol–water partition coefficient (Wildman–Crippen LogP) is 1.47. The highest BCUT2D eigenvalue weighted by atomic mass is 16.2. The van der Waals surface area contributed by atoms with Gasteiger partial charge in [0, 0.05) is 50.0 Å². The third-order valence-electron chi connectivity index (χ3n) is 4.59. The Morgan fingerprint density at radius 2 is 1.73 bits per heavy atom. The van der Waals surface area contributed by atoms with Crippen LogP contribution >= 0.6 is 0 Å². The van der Waals surface area contributed by atoms with Crippen molar-refractivity contribution in [1.82, 2.24) is 49.0 Å². The van der Waals surface area contributed by atoms with Gasteiger partial charge in [-0.25, -0.2) is 24.9 Å². The van der Waals surface area contributed by atoms with E-state index in [9.17, 15) is 4.79 Å². The first-order valence-corrected chi connectivity index (χ1v) is 11.9. The molecule has 11 N–H and O–H groups in total. The summed E-state index contributed by atoms with van der Waals surface area (Å²) < 4.78 is 3.20. The minimum atomic E-state index is -0.0573. The Kier molecular flexibility index (Phi) is 13.5. The Hall–Kier alpha value is -5.70. The van der Waals surface area contributed by atoms with E-state index in [1.807, 2.05) is 25.2 Å². The third kappa shape index (κ3) is 12.0. The number of nitrogens with zero attached hydrogens (tertiary/aromatic N) is 7. The molecule has 0 amide bonds. The number of anilines is 3. The van der Waals surface area contributed by atoms with Crippen molar-refractivity contribution in [3.63, 3.8) is 0 Å². The quantitative estimate of drug-likeness (QED) is 0.168. The molecule has 0 spiro atoms. The Morgan fingerprint density at radius 3 is 2.10 bits per heavy atom. The van der Waals surface area contributed by atoms with Gasteiger partial charge in [0.2, 0.25) is 0 Å². The molecule has 0 atom stereocenters. The normalized spacial score (nSPS) is 9.35. The third-order valence-corrected chi connectivity index (χ3v) is 4.59. The topological polar surface area (TPSA) is 243 Å². The van der Waals surface area contributed by atoms with Gasteiger partial charge in [0.1, 0.15) is 29.6 Å². The zero-order valence-corrected chi connectivity index (χ0v) is 22.0. The van der Waals surface area contributed by atoms with Gasteiger partial charge in [-0.15, -0.1) is 0 Å². The molecule has 15 heteroatoms. The zero-order chi connectivity index (χ0) is 29.0. The molecule has 15 nitrogen and oxygen atoms in total. The number of imidazole rings is 5. The minimum Gasteiger partial charge on any atom is -0.384 e. The predicted molar refractivity (Wildman–Crippen MR) is 153 cm³/mol. The van der Waals surface area contributed by atoms with Gasteiger partial charge in [0.15, 0.2) is 0 Å². The Bertz CT molecular complexity index is 1340. The molecule has 0 aliphatic heterocycles. The number of carbonyl (C=O) groups is 1. The molecule has 40 heavy (non-hydrogen) atoms. The van der Waals surface area contributed by atoms with Gasteiger partial charge in [-0.2, -0.15) is 0 Å². The van der Waals surface area contributed by atoms with Crippen LogP contribution in [-0.2, 0) is 13.5 Å². The number of H-pyrrole nitrogens is 3. The second-order valence-corrected chi connectivity index (χ2v) is 7.65. The molecule has 5 aromatic heterocycles. The smallest absolute Gasteiger partial charge is 0.263 e. The summed E-state index contributed by atoms with van der Waals surface area (Å²) in [5.74, 6) is 2.75. The number of carbonyl (C=O) groups excluding carboxylic acids is 1. The molecule has 0 radical (unpaired) electrons. The summed E-state index contributed by atoms with van der Waals surface area (Å²) >= 11 is 0. The molecule has 0 saturated carbocycles. The average Bonchev–Trinajstić information content (AvgIpc) is 3.80. The number of aryl methyl sites for hydroxylation is 1. The molecule has 6 rings (SSSR count). The van der Waals surface area contributed by atoms with Crippen molar-refractivity contribution in [1.29, 1.82) is 0 Å². The zero-order valence-electron chi connectivity index (χ0n) is 22.0. The Morgan fingerprint density at radius 1 is 0.925 bits per heavy atom. The molecule has 0 unspecified atom stereocenters. The average molecular weight is 547 g/mol. The first-order valence-electron chi connectivity index (χ1n) is 11.9. The highest BCUT2D eigenvalue weighted by Crippen LogP contribution is 2.01. The van der Waals surface area contributed by atoms with Gasteiger partial charge in [0.25, 0.3) is 5.91 Å². The summed E-state index contributed by atoms with van der Waals surface area (Å²) in [5.41, 5.74) is 21.6. The maximum atomic E-state index is 11.6. The van der Waals surface area contributed by atoms with Crippen LogP contribution in [0.2, 0.25) is 0 Å². The summed E-state index contributed by atoms with van der Waals surface area (Å²) in [4.78, 5) is 38.8. The number of hydrogen-bond donors (Lipinski definition) is 7. The lowest BCUT2D eigenvalue weighted by Gasteiger charge is -1.99. The second kappa shape index (κ2) is 17.7. The molecule has 210 valence electrons. The van der Waals surface area contributed by atoms with E-state index < -0.39 is 0 Å². The van der Waals surface area contributed by atoms with Crippen LogP contribution in [-0.4, -0.2) is 61.5 Å². The lowest BCUT2D eigenvalue weighted by atomic mass is 10.2. The van der Waals surface area contributed by atoms with Gasteiger partial charge in [-0.3, -0.25) is 9.36 Å². The van der Waals surface area contributed by atoms with Crippen LogP contribution in [0.25, 0.3) is 0 Å². The van der Waals surface area contributed by atoms with Crippen LogP contribution in [0.1, 0.15) is 16.2 Å². The van der Waals surface area contributed by atoms with Crippen molar-refractivity contribution in [2.45, 2.75) is 6.42 Å². The molecule has 0 bridgehead atoms. The standard InChI is InChI=1S/C10H8N2O.C5H9N3.C4H7N3.2C3H5N3/c13-10(12-7-6-11-8-12)9-4-2-1-3-5-9;6-2-1-5-7-3-4-8-5;1-7-3-6-2-4(7)5;2*4-3-1-5-2-6-3/h1-8H;3-4H,1-2,6H2,(H,7,8);2-3H,5H2,1H3;2*1-2H,4H2,(H,5,6). The maximum absolute atomic E-state index is 11.6. The summed E-state index contributed by atoms with van der Waals surface area (Å²) in [5, 5.41) is 0.